The highest BCUT2D eigenvalue weighted by Crippen LogP contribution is 2.21. The van der Waals surface area contributed by atoms with Gasteiger partial charge in [-0.15, -0.1) is 0 Å². The Morgan fingerprint density at radius 2 is 2.12 bits per heavy atom. The number of nitrogens with zero attached hydrogens (tertiary/aromatic N) is 3. The Kier molecular flexibility index (Phi) is 4.22. The number of benzene rings is 1. The lowest BCUT2D eigenvalue weighted by Gasteiger charge is -2.13. The van der Waals surface area contributed by atoms with Crippen LogP contribution in [0, 0.1) is 0 Å². The third kappa shape index (κ3) is 3.21. The molecule has 3 aromatic rings. The van der Waals surface area contributed by atoms with Gasteiger partial charge in [0.1, 0.15) is 0 Å². The molecule has 1 aromatic carbocycles. The molecule has 2 N–H and O–H groups in total. The molecule has 0 aliphatic heterocycles. The molecular formula is C16H17N5O4. The number of hydrogen-bond acceptors (Lipinski definition) is 6. The van der Waals surface area contributed by atoms with Gasteiger partial charge >= 0.3 is 11.1 Å². The first-order valence-corrected chi connectivity index (χ1v) is 7.73. The van der Waals surface area contributed by atoms with E-state index in [2.05, 4.69) is 20.4 Å². The minimum atomic E-state index is -0.683. The molecule has 2 heterocycles. The van der Waals surface area contributed by atoms with Crippen LogP contribution in [0.3, 0.4) is 0 Å². The van der Waals surface area contributed by atoms with Crippen LogP contribution in [0.5, 0.6) is 0 Å². The molecule has 25 heavy (non-hydrogen) atoms. The summed E-state index contributed by atoms with van der Waals surface area (Å²) in [5, 5.41) is 6.44. The van der Waals surface area contributed by atoms with Crippen LogP contribution in [0.25, 0.3) is 22.4 Å². The van der Waals surface area contributed by atoms with Crippen LogP contribution in [0.15, 0.2) is 32.3 Å². The second kappa shape index (κ2) is 6.34. The van der Waals surface area contributed by atoms with Crippen LogP contribution in [0.1, 0.15) is 32.7 Å². The number of carbonyl (C=O) groups is 1. The number of amides is 1. The highest BCUT2D eigenvalue weighted by molar-refractivity contribution is 5.80. The van der Waals surface area contributed by atoms with E-state index >= 15 is 0 Å². The van der Waals surface area contributed by atoms with Crippen LogP contribution in [0.4, 0.5) is 0 Å². The quantitative estimate of drug-likeness (QED) is 0.680. The maximum absolute atomic E-state index is 12.1. The number of carbonyl (C=O) groups excluding carboxylic acids is 1. The number of aromatic nitrogens is 4. The Morgan fingerprint density at radius 3 is 2.80 bits per heavy atom. The van der Waals surface area contributed by atoms with Crippen LogP contribution < -0.4 is 16.4 Å². The highest BCUT2D eigenvalue weighted by Gasteiger charge is 2.14. The summed E-state index contributed by atoms with van der Waals surface area (Å²) in [6, 6.07) is 5.00. The van der Waals surface area contributed by atoms with Crippen molar-refractivity contribution in [3.8, 4) is 11.4 Å². The fourth-order valence-electron chi connectivity index (χ4n) is 2.54. The van der Waals surface area contributed by atoms with Gasteiger partial charge in [-0.25, -0.2) is 0 Å². The Labute approximate surface area is 141 Å². The number of nitrogens with one attached hydrogen (secondary N) is 2. The summed E-state index contributed by atoms with van der Waals surface area (Å²) < 4.78 is 6.52. The van der Waals surface area contributed by atoms with E-state index in [1.54, 1.807) is 18.2 Å². The van der Waals surface area contributed by atoms with E-state index < -0.39 is 11.1 Å². The van der Waals surface area contributed by atoms with Crippen LogP contribution in [-0.2, 0) is 11.3 Å². The summed E-state index contributed by atoms with van der Waals surface area (Å²) in [4.78, 5) is 41.6. The molecule has 0 bridgehead atoms. The molecule has 2 aromatic heterocycles. The second-order valence-corrected chi connectivity index (χ2v) is 5.88. The molecule has 0 fully saturated rings. The largest absolute Gasteiger partial charge is 0.347 e. The molecule has 0 aliphatic carbocycles. The average molecular weight is 343 g/mol. The fourth-order valence-corrected chi connectivity index (χ4v) is 2.54. The number of H-pyrrole nitrogens is 1. The number of aromatic amines is 1. The maximum atomic E-state index is 12.1. The fraction of sp³-hybridized carbons (Fsp3) is 0.312. The lowest BCUT2D eigenvalue weighted by molar-refractivity contribution is -0.119. The first-order valence-electron chi connectivity index (χ1n) is 7.73. The lowest BCUT2D eigenvalue weighted by Crippen LogP contribution is -2.37. The molecule has 1 amide bonds. The first kappa shape index (κ1) is 16.6. The van der Waals surface area contributed by atoms with Crippen LogP contribution in [-0.4, -0.2) is 25.6 Å². The van der Waals surface area contributed by atoms with Crippen molar-refractivity contribution < 1.29 is 9.32 Å². The van der Waals surface area contributed by atoms with E-state index in [-0.39, 0.29) is 24.4 Å². The van der Waals surface area contributed by atoms with Gasteiger partial charge in [-0.1, -0.05) is 5.16 Å². The van der Waals surface area contributed by atoms with Crippen LogP contribution in [0.2, 0.25) is 0 Å². The summed E-state index contributed by atoms with van der Waals surface area (Å²) in [5.74, 6) is 0.394. The third-order valence-electron chi connectivity index (χ3n) is 3.65. The van der Waals surface area contributed by atoms with Crippen molar-refractivity contribution in [3.63, 3.8) is 0 Å². The Hall–Kier alpha value is -3.23. The third-order valence-corrected chi connectivity index (χ3v) is 3.65. The molecule has 130 valence electrons. The second-order valence-electron chi connectivity index (χ2n) is 5.88. The first-order chi connectivity index (χ1) is 11.9. The van der Waals surface area contributed by atoms with Crippen LogP contribution >= 0.6 is 0 Å². The molecule has 9 heteroatoms. The van der Waals surface area contributed by atoms with Gasteiger partial charge in [0.15, 0.2) is 0 Å². The minimum Gasteiger partial charge on any atom is -0.347 e. The molecule has 0 unspecified atom stereocenters. The number of fused-ring (bicyclic) bond motifs is 1. The summed E-state index contributed by atoms with van der Waals surface area (Å²) in [6.07, 6.45) is 0. The summed E-state index contributed by atoms with van der Waals surface area (Å²) in [6.45, 7) is 5.20. The van der Waals surface area contributed by atoms with Crippen molar-refractivity contribution in [3.05, 3.63) is 44.8 Å². The smallest absolute Gasteiger partial charge is 0.316 e. The SMILES string of the molecule is CC(=O)NCc1nc(-c2ccc3c(c2)[nH]c(=O)c(=O)n3C(C)C)no1. The number of rotatable bonds is 4. The van der Waals surface area contributed by atoms with E-state index in [0.29, 0.717) is 22.4 Å². The van der Waals surface area contributed by atoms with Gasteiger partial charge in [0, 0.05) is 18.5 Å². The maximum Gasteiger partial charge on any atom is 0.316 e. The molecule has 0 atom stereocenters. The van der Waals surface area contributed by atoms with E-state index in [4.69, 9.17) is 4.52 Å². The lowest BCUT2D eigenvalue weighted by atomic mass is 10.1. The standard InChI is InChI=1S/C16H17N5O4/c1-8(2)21-12-5-4-10(6-11(12)18-15(23)16(21)24)14-19-13(25-20-14)7-17-9(3)22/h4-6,8H,7H2,1-3H3,(H,17,22)(H,18,23). The molecule has 0 saturated heterocycles. The summed E-state index contributed by atoms with van der Waals surface area (Å²) in [7, 11) is 0. The Bertz CT molecular complexity index is 1060. The zero-order valence-electron chi connectivity index (χ0n) is 14.0. The molecule has 0 aliphatic rings. The van der Waals surface area contributed by atoms with Gasteiger partial charge in [0.2, 0.25) is 17.6 Å². The van der Waals surface area contributed by atoms with E-state index in [1.807, 2.05) is 13.8 Å². The van der Waals surface area contributed by atoms with Crippen molar-refractivity contribution in [2.45, 2.75) is 33.4 Å². The van der Waals surface area contributed by atoms with Crippen molar-refractivity contribution >= 4 is 16.9 Å². The van der Waals surface area contributed by atoms with Gasteiger partial charge in [-0.05, 0) is 32.0 Å². The highest BCUT2D eigenvalue weighted by atomic mass is 16.5. The topological polar surface area (TPSA) is 123 Å². The van der Waals surface area contributed by atoms with E-state index in [9.17, 15) is 14.4 Å². The molecular weight excluding hydrogens is 326 g/mol. The van der Waals surface area contributed by atoms with Gasteiger partial charge in [0.25, 0.3) is 0 Å². The predicted molar refractivity (Wildman–Crippen MR) is 90.0 cm³/mol. The molecule has 0 saturated carbocycles. The normalized spacial score (nSPS) is 11.2. The Balaban J connectivity index is 2.05. The van der Waals surface area contributed by atoms with Gasteiger partial charge in [0.05, 0.1) is 17.6 Å². The number of hydrogen-bond donors (Lipinski definition) is 2. The van der Waals surface area contributed by atoms with Gasteiger partial charge in [-0.2, -0.15) is 4.98 Å². The zero-order chi connectivity index (χ0) is 18.1. The zero-order valence-corrected chi connectivity index (χ0v) is 14.0. The molecule has 0 spiro atoms. The Morgan fingerprint density at radius 1 is 1.36 bits per heavy atom. The van der Waals surface area contributed by atoms with E-state index in [0.717, 1.165) is 0 Å². The van der Waals surface area contributed by atoms with Gasteiger partial charge < -0.3 is 14.8 Å². The predicted octanol–water partition coefficient (Wildman–Crippen LogP) is 0.957. The van der Waals surface area contributed by atoms with Crippen molar-refractivity contribution in [1.82, 2.24) is 25.0 Å². The molecule has 0 radical (unpaired) electrons. The molecule has 3 rings (SSSR count). The summed E-state index contributed by atoms with van der Waals surface area (Å²) >= 11 is 0. The van der Waals surface area contributed by atoms with Crippen molar-refractivity contribution in [2.24, 2.45) is 0 Å². The molecule has 9 nitrogen and oxygen atoms in total. The van der Waals surface area contributed by atoms with Crippen molar-refractivity contribution in [1.29, 1.82) is 0 Å². The monoisotopic (exact) mass is 343 g/mol. The van der Waals surface area contributed by atoms with Gasteiger partial charge in [-0.3, -0.25) is 19.0 Å². The summed E-state index contributed by atoms with van der Waals surface area (Å²) in [5.41, 5.74) is 0.467. The van der Waals surface area contributed by atoms with Crippen molar-refractivity contribution in [2.75, 3.05) is 0 Å². The average Bonchev–Trinajstić information content (AvgIpc) is 3.02. The van der Waals surface area contributed by atoms with E-state index in [1.165, 1.54) is 11.5 Å². The minimum absolute atomic E-state index is 0.139.